The lowest BCUT2D eigenvalue weighted by Crippen LogP contribution is -2.09. The molecule has 2 aliphatic rings. The zero-order valence-corrected chi connectivity index (χ0v) is 7.22. The van der Waals surface area contributed by atoms with Crippen LogP contribution in [-0.2, 0) is 5.41 Å². The first-order valence-corrected chi connectivity index (χ1v) is 4.52. The summed E-state index contributed by atoms with van der Waals surface area (Å²) in [4.78, 5) is 4.61. The van der Waals surface area contributed by atoms with Crippen molar-refractivity contribution in [3.05, 3.63) is 23.5 Å². The van der Waals surface area contributed by atoms with E-state index in [2.05, 4.69) is 29.4 Å². The smallest absolute Gasteiger partial charge is 0.0717 e. The minimum atomic E-state index is 0.446. The molecule has 1 N–H and O–H groups in total. The molecule has 1 aromatic rings. The summed E-state index contributed by atoms with van der Waals surface area (Å²) in [6.45, 7) is 3.17. The number of hydrogen-bond acceptors (Lipinski definition) is 2. The molecular weight excluding hydrogens is 148 g/mol. The number of nitrogens with one attached hydrogen (secondary N) is 1. The predicted molar refractivity (Wildman–Crippen MR) is 48.4 cm³/mol. The van der Waals surface area contributed by atoms with Crippen molar-refractivity contribution in [3.8, 4) is 0 Å². The molecule has 0 aromatic carbocycles. The van der Waals surface area contributed by atoms with Gasteiger partial charge in [-0.25, -0.2) is 0 Å². The first-order chi connectivity index (χ1) is 5.80. The maximum absolute atomic E-state index is 4.61. The molecule has 2 heterocycles. The molecule has 1 saturated carbocycles. The van der Waals surface area contributed by atoms with E-state index in [4.69, 9.17) is 0 Å². The highest BCUT2D eigenvalue weighted by atomic mass is 15.0. The lowest BCUT2D eigenvalue weighted by molar-refractivity contribution is 0.745. The van der Waals surface area contributed by atoms with Crippen molar-refractivity contribution in [1.82, 2.24) is 4.98 Å². The monoisotopic (exact) mass is 160 g/mol. The molecule has 2 nitrogen and oxygen atoms in total. The molecule has 1 aromatic heterocycles. The van der Waals surface area contributed by atoms with Crippen molar-refractivity contribution in [2.24, 2.45) is 0 Å². The van der Waals surface area contributed by atoms with Crippen molar-refractivity contribution in [2.45, 2.75) is 25.2 Å². The molecule has 0 saturated heterocycles. The standard InChI is InChI=1S/C10H12N2/c1-7-2-3-8-9(12-7)10(4-5-10)6-11-8/h2-3,11H,4-6H2,1H3. The first kappa shape index (κ1) is 6.46. The quantitative estimate of drug-likeness (QED) is 0.626. The van der Waals surface area contributed by atoms with E-state index in [0.717, 1.165) is 12.2 Å². The minimum absolute atomic E-state index is 0.446. The van der Waals surface area contributed by atoms with Gasteiger partial charge in [0.05, 0.1) is 11.4 Å². The highest BCUT2D eigenvalue weighted by Crippen LogP contribution is 2.53. The van der Waals surface area contributed by atoms with Crippen LogP contribution in [0.3, 0.4) is 0 Å². The second-order valence-corrected chi connectivity index (χ2v) is 3.98. The number of anilines is 1. The molecule has 0 unspecified atom stereocenters. The minimum Gasteiger partial charge on any atom is -0.383 e. The molecule has 1 aliphatic carbocycles. The second kappa shape index (κ2) is 1.82. The van der Waals surface area contributed by atoms with Crippen LogP contribution in [0.1, 0.15) is 24.2 Å². The summed E-state index contributed by atoms with van der Waals surface area (Å²) < 4.78 is 0. The fourth-order valence-electron chi connectivity index (χ4n) is 2.02. The largest absolute Gasteiger partial charge is 0.383 e. The van der Waals surface area contributed by atoms with Crippen LogP contribution in [0, 0.1) is 6.92 Å². The van der Waals surface area contributed by atoms with Gasteiger partial charge in [0.15, 0.2) is 0 Å². The van der Waals surface area contributed by atoms with Crippen molar-refractivity contribution in [1.29, 1.82) is 0 Å². The Morgan fingerprint density at radius 3 is 3.00 bits per heavy atom. The lowest BCUT2D eigenvalue weighted by atomic mass is 10.0. The van der Waals surface area contributed by atoms with E-state index in [0.29, 0.717) is 5.41 Å². The molecule has 1 spiro atoms. The highest BCUT2D eigenvalue weighted by molar-refractivity contribution is 5.59. The Hall–Kier alpha value is -1.05. The third-order valence-electron chi connectivity index (χ3n) is 3.01. The van der Waals surface area contributed by atoms with Crippen LogP contribution in [0.25, 0.3) is 0 Å². The average Bonchev–Trinajstić information content (AvgIpc) is 2.74. The summed E-state index contributed by atoms with van der Waals surface area (Å²) in [6.07, 6.45) is 2.65. The molecule has 3 rings (SSSR count). The Labute approximate surface area is 72.0 Å². The van der Waals surface area contributed by atoms with Gasteiger partial charge in [-0.1, -0.05) is 0 Å². The molecule has 1 aliphatic heterocycles. The van der Waals surface area contributed by atoms with Crippen LogP contribution in [0.4, 0.5) is 5.69 Å². The van der Waals surface area contributed by atoms with E-state index < -0.39 is 0 Å². The summed E-state index contributed by atoms with van der Waals surface area (Å²) in [5.41, 5.74) is 4.17. The summed E-state index contributed by atoms with van der Waals surface area (Å²) in [5, 5.41) is 3.42. The molecule has 0 atom stereocenters. The summed E-state index contributed by atoms with van der Waals surface area (Å²) in [5.74, 6) is 0. The summed E-state index contributed by atoms with van der Waals surface area (Å²) >= 11 is 0. The Kier molecular flexibility index (Phi) is 0.978. The third-order valence-corrected chi connectivity index (χ3v) is 3.01. The van der Waals surface area contributed by atoms with E-state index in [1.54, 1.807) is 0 Å². The van der Waals surface area contributed by atoms with Crippen LogP contribution in [0.2, 0.25) is 0 Å². The van der Waals surface area contributed by atoms with Crippen LogP contribution in [-0.4, -0.2) is 11.5 Å². The van der Waals surface area contributed by atoms with Gasteiger partial charge in [-0.15, -0.1) is 0 Å². The molecule has 1 fully saturated rings. The Bertz CT molecular complexity index is 340. The van der Waals surface area contributed by atoms with Gasteiger partial charge in [0.2, 0.25) is 0 Å². The van der Waals surface area contributed by atoms with Crippen molar-refractivity contribution >= 4 is 5.69 Å². The molecule has 12 heavy (non-hydrogen) atoms. The van der Waals surface area contributed by atoms with Gasteiger partial charge in [-0.2, -0.15) is 0 Å². The lowest BCUT2D eigenvalue weighted by Gasteiger charge is -2.04. The number of rotatable bonds is 0. The third kappa shape index (κ3) is 0.675. The van der Waals surface area contributed by atoms with Crippen LogP contribution in [0.15, 0.2) is 12.1 Å². The van der Waals surface area contributed by atoms with E-state index >= 15 is 0 Å². The molecule has 0 radical (unpaired) electrons. The molecule has 0 bridgehead atoms. The number of aromatic nitrogens is 1. The maximum Gasteiger partial charge on any atom is 0.0717 e. The predicted octanol–water partition coefficient (Wildman–Crippen LogP) is 1.85. The molecular formula is C10H12N2. The van der Waals surface area contributed by atoms with Crippen LogP contribution < -0.4 is 5.32 Å². The van der Waals surface area contributed by atoms with Gasteiger partial charge in [-0.05, 0) is 31.9 Å². The van der Waals surface area contributed by atoms with Crippen LogP contribution >= 0.6 is 0 Å². The van der Waals surface area contributed by atoms with E-state index in [9.17, 15) is 0 Å². The van der Waals surface area contributed by atoms with Crippen molar-refractivity contribution in [2.75, 3.05) is 11.9 Å². The van der Waals surface area contributed by atoms with Gasteiger partial charge in [-0.3, -0.25) is 4.98 Å². The van der Waals surface area contributed by atoms with Crippen molar-refractivity contribution < 1.29 is 0 Å². The van der Waals surface area contributed by atoms with Gasteiger partial charge in [0, 0.05) is 17.7 Å². The zero-order valence-electron chi connectivity index (χ0n) is 7.22. The van der Waals surface area contributed by atoms with Crippen LogP contribution in [0.5, 0.6) is 0 Å². The first-order valence-electron chi connectivity index (χ1n) is 4.52. The number of hydrogen-bond donors (Lipinski definition) is 1. The fourth-order valence-corrected chi connectivity index (χ4v) is 2.02. The summed E-state index contributed by atoms with van der Waals surface area (Å²) in [7, 11) is 0. The number of aryl methyl sites for hydroxylation is 1. The average molecular weight is 160 g/mol. The second-order valence-electron chi connectivity index (χ2n) is 3.98. The normalized spacial score (nSPS) is 22.1. The molecule has 0 amide bonds. The number of fused-ring (bicyclic) bond motifs is 2. The van der Waals surface area contributed by atoms with Gasteiger partial charge in [0.25, 0.3) is 0 Å². The SMILES string of the molecule is Cc1ccc2c(n1)C1(CC1)CN2. The number of nitrogens with zero attached hydrogens (tertiary/aromatic N) is 1. The fraction of sp³-hybridized carbons (Fsp3) is 0.500. The van der Waals surface area contributed by atoms with E-state index in [1.807, 2.05) is 0 Å². The number of pyridine rings is 1. The van der Waals surface area contributed by atoms with Crippen molar-refractivity contribution in [3.63, 3.8) is 0 Å². The van der Waals surface area contributed by atoms with E-state index in [-0.39, 0.29) is 0 Å². The summed E-state index contributed by atoms with van der Waals surface area (Å²) in [6, 6.07) is 4.23. The van der Waals surface area contributed by atoms with Gasteiger partial charge in [0.1, 0.15) is 0 Å². The Balaban J connectivity index is 2.20. The topological polar surface area (TPSA) is 24.9 Å². The Morgan fingerprint density at radius 1 is 1.42 bits per heavy atom. The molecule has 62 valence electrons. The highest BCUT2D eigenvalue weighted by Gasteiger charge is 2.50. The zero-order chi connectivity index (χ0) is 8.18. The Morgan fingerprint density at radius 2 is 2.25 bits per heavy atom. The van der Waals surface area contributed by atoms with E-state index in [1.165, 1.54) is 24.2 Å². The molecule has 2 heteroatoms. The maximum atomic E-state index is 4.61. The van der Waals surface area contributed by atoms with Gasteiger partial charge < -0.3 is 5.32 Å². The van der Waals surface area contributed by atoms with Gasteiger partial charge >= 0.3 is 0 Å².